The van der Waals surface area contributed by atoms with Crippen molar-refractivity contribution in [2.45, 2.75) is 58.8 Å². The molecule has 1 aromatic carbocycles. The fraction of sp³-hybridized carbons (Fsp3) is 0.650. The molecule has 26 heavy (non-hydrogen) atoms. The highest BCUT2D eigenvalue weighted by Gasteiger charge is 2.19. The number of anilines is 1. The Morgan fingerprint density at radius 2 is 1.73 bits per heavy atom. The fourth-order valence-electron chi connectivity index (χ4n) is 3.70. The lowest BCUT2D eigenvalue weighted by molar-refractivity contribution is -0.121. The molecule has 146 valence electrons. The van der Waals surface area contributed by atoms with Gasteiger partial charge in [-0.2, -0.15) is 0 Å². The van der Waals surface area contributed by atoms with Crippen molar-refractivity contribution in [3.8, 4) is 0 Å². The third-order valence-corrected chi connectivity index (χ3v) is 6.17. The van der Waals surface area contributed by atoms with Crippen molar-refractivity contribution in [3.63, 3.8) is 0 Å². The molecular weight excluding hydrogens is 348 g/mol. The molecule has 0 bridgehead atoms. The van der Waals surface area contributed by atoms with Gasteiger partial charge in [0.25, 0.3) is 0 Å². The zero-order valence-electron chi connectivity index (χ0n) is 16.3. The molecule has 6 heteroatoms. The van der Waals surface area contributed by atoms with Gasteiger partial charge >= 0.3 is 0 Å². The number of nitrogens with zero attached hydrogens (tertiary/aromatic N) is 1. The molecule has 0 spiro atoms. The predicted octanol–water partition coefficient (Wildman–Crippen LogP) is 3.55. The quantitative estimate of drug-likeness (QED) is 0.750. The van der Waals surface area contributed by atoms with Gasteiger partial charge in [-0.1, -0.05) is 25.3 Å². The number of sulfonamides is 1. The first kappa shape index (κ1) is 20.7. The summed E-state index contributed by atoms with van der Waals surface area (Å²) >= 11 is 0. The van der Waals surface area contributed by atoms with Gasteiger partial charge in [-0.25, -0.2) is 8.42 Å². The Labute approximate surface area is 158 Å². The van der Waals surface area contributed by atoms with E-state index in [2.05, 4.69) is 5.32 Å². The number of nitrogens with one attached hydrogen (secondary N) is 1. The average Bonchev–Trinajstić information content (AvgIpc) is 2.55. The van der Waals surface area contributed by atoms with E-state index in [1.54, 1.807) is 0 Å². The minimum absolute atomic E-state index is 0.0180. The summed E-state index contributed by atoms with van der Waals surface area (Å²) in [4.78, 5) is 12.1. The van der Waals surface area contributed by atoms with Crippen LogP contribution in [0.3, 0.4) is 0 Å². The lowest BCUT2D eigenvalue weighted by atomic mass is 9.89. The number of amides is 1. The SMILES string of the molecule is Cc1cc(C)cc(N(CCCC(=O)NCC2CCCCC2)S(C)(=O)=O)c1. The van der Waals surface area contributed by atoms with Crippen molar-refractivity contribution < 1.29 is 13.2 Å². The van der Waals surface area contributed by atoms with Crippen LogP contribution in [0.4, 0.5) is 5.69 Å². The van der Waals surface area contributed by atoms with Crippen LogP contribution in [0.2, 0.25) is 0 Å². The fourth-order valence-corrected chi connectivity index (χ4v) is 4.65. The zero-order valence-corrected chi connectivity index (χ0v) is 17.1. The first-order valence-electron chi connectivity index (χ1n) is 9.58. The van der Waals surface area contributed by atoms with Gasteiger partial charge in [-0.05, 0) is 62.3 Å². The number of benzene rings is 1. The molecule has 5 nitrogen and oxygen atoms in total. The molecule has 0 radical (unpaired) electrons. The largest absolute Gasteiger partial charge is 0.356 e. The number of hydrogen-bond donors (Lipinski definition) is 1. The standard InChI is InChI=1S/C20H32N2O3S/c1-16-12-17(2)14-19(13-16)22(26(3,24)25)11-7-10-20(23)21-15-18-8-5-4-6-9-18/h12-14,18H,4-11,15H2,1-3H3,(H,21,23). The van der Waals surface area contributed by atoms with Gasteiger partial charge in [0.2, 0.25) is 15.9 Å². The van der Waals surface area contributed by atoms with Crippen LogP contribution in [0.25, 0.3) is 0 Å². The van der Waals surface area contributed by atoms with E-state index in [9.17, 15) is 13.2 Å². The maximum absolute atomic E-state index is 12.2. The van der Waals surface area contributed by atoms with Crippen molar-refractivity contribution >= 4 is 21.6 Å². The number of hydrogen-bond acceptors (Lipinski definition) is 3. The highest BCUT2D eigenvalue weighted by molar-refractivity contribution is 7.92. The Morgan fingerprint density at radius 1 is 1.12 bits per heavy atom. The molecule has 1 fully saturated rings. The van der Waals surface area contributed by atoms with Crippen LogP contribution in [0.15, 0.2) is 18.2 Å². The third-order valence-electron chi connectivity index (χ3n) is 4.97. The first-order valence-corrected chi connectivity index (χ1v) is 11.4. The van der Waals surface area contributed by atoms with E-state index in [1.165, 1.54) is 42.7 Å². The minimum atomic E-state index is -3.38. The average molecular weight is 381 g/mol. The second-order valence-electron chi connectivity index (χ2n) is 7.59. The zero-order chi connectivity index (χ0) is 19.2. The number of carbonyl (C=O) groups excluding carboxylic acids is 1. The Hall–Kier alpha value is -1.56. The van der Waals surface area contributed by atoms with Gasteiger partial charge in [-0.15, -0.1) is 0 Å². The van der Waals surface area contributed by atoms with Crippen LogP contribution in [0.1, 0.15) is 56.1 Å². The molecule has 0 aliphatic heterocycles. The van der Waals surface area contributed by atoms with E-state index < -0.39 is 10.0 Å². The summed E-state index contributed by atoms with van der Waals surface area (Å²) in [5, 5.41) is 3.02. The Bertz CT molecular complexity index is 690. The molecule has 1 amide bonds. The van der Waals surface area contributed by atoms with E-state index in [0.29, 0.717) is 31.0 Å². The molecule has 1 aliphatic rings. The van der Waals surface area contributed by atoms with Crippen molar-refractivity contribution in [3.05, 3.63) is 29.3 Å². The van der Waals surface area contributed by atoms with Crippen LogP contribution in [0.5, 0.6) is 0 Å². The van der Waals surface area contributed by atoms with Crippen LogP contribution in [-0.2, 0) is 14.8 Å². The van der Waals surface area contributed by atoms with Gasteiger partial charge in [0, 0.05) is 19.5 Å². The van der Waals surface area contributed by atoms with Gasteiger partial charge in [0.1, 0.15) is 0 Å². The Morgan fingerprint density at radius 3 is 2.31 bits per heavy atom. The Kier molecular flexibility index (Phi) is 7.50. The molecule has 1 aromatic rings. The first-order chi connectivity index (χ1) is 12.3. The molecule has 2 rings (SSSR count). The number of rotatable bonds is 8. The summed E-state index contributed by atoms with van der Waals surface area (Å²) in [5.74, 6) is 0.625. The second-order valence-corrected chi connectivity index (χ2v) is 9.50. The van der Waals surface area contributed by atoms with Gasteiger partial charge in [-0.3, -0.25) is 9.10 Å². The van der Waals surface area contributed by atoms with Crippen molar-refractivity contribution in [1.82, 2.24) is 5.32 Å². The van der Waals surface area contributed by atoms with E-state index >= 15 is 0 Å². The summed E-state index contributed by atoms with van der Waals surface area (Å²) in [5.41, 5.74) is 2.73. The molecule has 0 saturated heterocycles. The number of carbonyl (C=O) groups is 1. The molecule has 1 N–H and O–H groups in total. The van der Waals surface area contributed by atoms with Gasteiger partial charge in [0.05, 0.1) is 11.9 Å². The summed E-state index contributed by atoms with van der Waals surface area (Å²) in [6.45, 7) is 4.98. The van der Waals surface area contributed by atoms with Gasteiger partial charge in [0.15, 0.2) is 0 Å². The molecule has 0 unspecified atom stereocenters. The smallest absolute Gasteiger partial charge is 0.232 e. The lowest BCUT2D eigenvalue weighted by Gasteiger charge is -2.24. The second kappa shape index (κ2) is 9.40. The summed E-state index contributed by atoms with van der Waals surface area (Å²) in [7, 11) is -3.38. The van der Waals surface area contributed by atoms with Crippen molar-refractivity contribution in [1.29, 1.82) is 0 Å². The van der Waals surface area contributed by atoms with E-state index in [0.717, 1.165) is 17.7 Å². The van der Waals surface area contributed by atoms with Crippen LogP contribution in [0, 0.1) is 19.8 Å². The van der Waals surface area contributed by atoms with Crippen LogP contribution in [-0.4, -0.2) is 33.7 Å². The van der Waals surface area contributed by atoms with E-state index in [1.807, 2.05) is 32.0 Å². The topological polar surface area (TPSA) is 66.5 Å². The monoisotopic (exact) mass is 380 g/mol. The van der Waals surface area contributed by atoms with Crippen LogP contribution >= 0.6 is 0 Å². The summed E-state index contributed by atoms with van der Waals surface area (Å²) < 4.78 is 25.8. The summed E-state index contributed by atoms with van der Waals surface area (Å²) in [6.07, 6.45) is 8.32. The van der Waals surface area contributed by atoms with Gasteiger partial charge < -0.3 is 5.32 Å². The molecule has 1 saturated carbocycles. The molecule has 1 aliphatic carbocycles. The maximum atomic E-state index is 12.2. The highest BCUT2D eigenvalue weighted by Crippen LogP contribution is 2.23. The molecular formula is C20H32N2O3S. The van der Waals surface area contributed by atoms with Crippen molar-refractivity contribution in [2.24, 2.45) is 5.92 Å². The lowest BCUT2D eigenvalue weighted by Crippen LogP contribution is -2.33. The third kappa shape index (κ3) is 6.63. The minimum Gasteiger partial charge on any atom is -0.356 e. The highest BCUT2D eigenvalue weighted by atomic mass is 32.2. The normalized spacial score (nSPS) is 15.7. The number of aryl methyl sites for hydroxylation is 2. The molecule has 0 aromatic heterocycles. The summed E-state index contributed by atoms with van der Waals surface area (Å²) in [6, 6.07) is 5.76. The van der Waals surface area contributed by atoms with Crippen molar-refractivity contribution in [2.75, 3.05) is 23.7 Å². The van der Waals surface area contributed by atoms with E-state index in [4.69, 9.17) is 0 Å². The Balaban J connectivity index is 1.86. The molecule has 0 atom stereocenters. The maximum Gasteiger partial charge on any atom is 0.232 e. The van der Waals surface area contributed by atoms with Crippen LogP contribution < -0.4 is 9.62 Å². The predicted molar refractivity (Wildman–Crippen MR) is 107 cm³/mol. The van der Waals surface area contributed by atoms with E-state index in [-0.39, 0.29) is 5.91 Å². The molecule has 0 heterocycles.